The molecule has 1 aliphatic rings. The summed E-state index contributed by atoms with van der Waals surface area (Å²) < 4.78 is 6.02. The van der Waals surface area contributed by atoms with Crippen LogP contribution in [0.3, 0.4) is 0 Å². The van der Waals surface area contributed by atoms with Crippen LogP contribution in [0.5, 0.6) is 5.88 Å². The van der Waals surface area contributed by atoms with E-state index in [-0.39, 0.29) is 12.0 Å². The van der Waals surface area contributed by atoms with Crippen LogP contribution in [0.15, 0.2) is 54.7 Å². The molecule has 4 rings (SSSR count). The van der Waals surface area contributed by atoms with Gasteiger partial charge in [0.25, 0.3) is 5.91 Å². The minimum atomic E-state index is 0.0515. The number of aromatic nitrogens is 2. The predicted octanol–water partition coefficient (Wildman–Crippen LogP) is 3.38. The molecule has 0 spiro atoms. The molecule has 1 fully saturated rings. The third kappa shape index (κ3) is 3.91. The van der Waals surface area contributed by atoms with Crippen LogP contribution in [0.1, 0.15) is 23.2 Å². The van der Waals surface area contributed by atoms with Crippen molar-refractivity contribution in [3.8, 4) is 5.88 Å². The van der Waals surface area contributed by atoms with Gasteiger partial charge in [0.05, 0.1) is 17.2 Å². The first-order valence-electron chi connectivity index (χ1n) is 9.55. The quantitative estimate of drug-likeness (QED) is 0.699. The Labute approximate surface area is 164 Å². The molecule has 6 nitrogen and oxygen atoms in total. The van der Waals surface area contributed by atoms with Crippen molar-refractivity contribution >= 4 is 22.6 Å². The second kappa shape index (κ2) is 7.84. The number of carbonyl (C=O) groups excluding carboxylic acids is 1. The molecule has 2 heterocycles. The Morgan fingerprint density at radius 1 is 1.04 bits per heavy atom. The Hall–Kier alpha value is -3.15. The van der Waals surface area contributed by atoms with Crippen LogP contribution in [0.2, 0.25) is 0 Å². The average molecular weight is 376 g/mol. The molecule has 1 amide bonds. The number of amides is 1. The van der Waals surface area contributed by atoms with Crippen LogP contribution in [-0.4, -0.2) is 54.1 Å². The van der Waals surface area contributed by atoms with Crippen molar-refractivity contribution in [2.75, 3.05) is 32.1 Å². The summed E-state index contributed by atoms with van der Waals surface area (Å²) in [5.41, 5.74) is 3.50. The van der Waals surface area contributed by atoms with Crippen LogP contribution < -0.4 is 9.64 Å². The molecule has 0 unspecified atom stereocenters. The van der Waals surface area contributed by atoms with Crippen LogP contribution in [0, 0.1) is 0 Å². The van der Waals surface area contributed by atoms with Crippen molar-refractivity contribution in [3.63, 3.8) is 0 Å². The van der Waals surface area contributed by atoms with Gasteiger partial charge in [0.15, 0.2) is 0 Å². The maximum absolute atomic E-state index is 12.7. The Morgan fingerprint density at radius 2 is 1.71 bits per heavy atom. The minimum absolute atomic E-state index is 0.0515. The van der Waals surface area contributed by atoms with Crippen LogP contribution in [-0.2, 0) is 0 Å². The van der Waals surface area contributed by atoms with Gasteiger partial charge in [-0.2, -0.15) is 0 Å². The molecule has 0 saturated carbocycles. The Morgan fingerprint density at radius 3 is 2.39 bits per heavy atom. The van der Waals surface area contributed by atoms with Gasteiger partial charge in [-0.1, -0.05) is 12.1 Å². The molecule has 0 radical (unpaired) electrons. The summed E-state index contributed by atoms with van der Waals surface area (Å²) in [5, 5.41) is 0. The van der Waals surface area contributed by atoms with Crippen LogP contribution in [0.4, 0.5) is 5.69 Å². The molecule has 1 saturated heterocycles. The minimum Gasteiger partial charge on any atom is -0.473 e. The van der Waals surface area contributed by atoms with Crippen molar-refractivity contribution in [1.29, 1.82) is 0 Å². The van der Waals surface area contributed by atoms with Crippen LogP contribution >= 0.6 is 0 Å². The zero-order valence-electron chi connectivity index (χ0n) is 16.2. The summed E-state index contributed by atoms with van der Waals surface area (Å²) in [6.07, 6.45) is 3.30. The number of hydrogen-bond acceptors (Lipinski definition) is 5. The van der Waals surface area contributed by atoms with Gasteiger partial charge in [-0.15, -0.1) is 0 Å². The van der Waals surface area contributed by atoms with Gasteiger partial charge < -0.3 is 14.5 Å². The van der Waals surface area contributed by atoms with Gasteiger partial charge in [-0.05, 0) is 36.4 Å². The first-order chi connectivity index (χ1) is 13.6. The maximum Gasteiger partial charge on any atom is 0.253 e. The number of fused-ring (bicyclic) bond motifs is 1. The summed E-state index contributed by atoms with van der Waals surface area (Å²) in [6.45, 7) is 1.36. The lowest BCUT2D eigenvalue weighted by atomic mass is 10.1. The van der Waals surface area contributed by atoms with Gasteiger partial charge in [-0.3, -0.25) is 4.79 Å². The lowest BCUT2D eigenvalue weighted by molar-refractivity contribution is 0.0588. The van der Waals surface area contributed by atoms with Crippen LogP contribution in [0.25, 0.3) is 11.0 Å². The van der Waals surface area contributed by atoms with Crippen molar-refractivity contribution in [3.05, 3.63) is 60.3 Å². The van der Waals surface area contributed by atoms with E-state index in [4.69, 9.17) is 4.74 Å². The highest BCUT2D eigenvalue weighted by atomic mass is 16.5. The van der Waals surface area contributed by atoms with Crippen molar-refractivity contribution in [1.82, 2.24) is 14.9 Å². The smallest absolute Gasteiger partial charge is 0.253 e. The Balaban J connectivity index is 1.35. The standard InChI is InChI=1S/C22H24N4O2/c1-25(2)17-9-7-16(8-10-17)22(27)26-13-11-18(12-14-26)28-21-15-23-19-5-3-4-6-20(19)24-21/h3-10,15,18H,11-14H2,1-2H3. The van der Waals surface area contributed by atoms with E-state index in [1.165, 1.54) is 0 Å². The number of likely N-dealkylation sites (tertiary alicyclic amines) is 1. The monoisotopic (exact) mass is 376 g/mol. The molecular weight excluding hydrogens is 352 g/mol. The highest BCUT2D eigenvalue weighted by Crippen LogP contribution is 2.21. The first kappa shape index (κ1) is 18.2. The summed E-state index contributed by atoms with van der Waals surface area (Å²) >= 11 is 0. The number of anilines is 1. The van der Waals surface area contributed by atoms with Gasteiger partial charge in [0, 0.05) is 51.3 Å². The number of piperidine rings is 1. The predicted molar refractivity (Wildman–Crippen MR) is 110 cm³/mol. The zero-order valence-corrected chi connectivity index (χ0v) is 16.2. The molecule has 3 aromatic rings. The van der Waals surface area contributed by atoms with Gasteiger partial charge in [-0.25, -0.2) is 9.97 Å². The van der Waals surface area contributed by atoms with E-state index < -0.39 is 0 Å². The molecule has 1 aromatic heterocycles. The van der Waals surface area contributed by atoms with E-state index >= 15 is 0 Å². The number of nitrogens with zero attached hydrogens (tertiary/aromatic N) is 4. The van der Waals surface area contributed by atoms with Crippen molar-refractivity contribution in [2.45, 2.75) is 18.9 Å². The topological polar surface area (TPSA) is 58.6 Å². The fraction of sp³-hybridized carbons (Fsp3) is 0.318. The second-order valence-electron chi connectivity index (χ2n) is 7.25. The average Bonchev–Trinajstić information content (AvgIpc) is 2.74. The molecule has 6 heteroatoms. The maximum atomic E-state index is 12.7. The SMILES string of the molecule is CN(C)c1ccc(C(=O)N2CCC(Oc3cnc4ccccc4n3)CC2)cc1. The number of rotatable bonds is 4. The van der Waals surface area contributed by atoms with Gasteiger partial charge in [0.2, 0.25) is 5.88 Å². The van der Waals surface area contributed by atoms with E-state index in [1.54, 1.807) is 6.20 Å². The molecular formula is C22H24N4O2. The molecule has 0 N–H and O–H groups in total. The number of para-hydroxylation sites is 2. The first-order valence-corrected chi connectivity index (χ1v) is 9.55. The molecule has 1 aliphatic heterocycles. The largest absolute Gasteiger partial charge is 0.473 e. The highest BCUT2D eigenvalue weighted by Gasteiger charge is 2.25. The fourth-order valence-corrected chi connectivity index (χ4v) is 3.43. The molecule has 0 aliphatic carbocycles. The lowest BCUT2D eigenvalue weighted by Crippen LogP contribution is -2.41. The molecule has 144 valence electrons. The number of carbonyl (C=O) groups is 1. The summed E-state index contributed by atoms with van der Waals surface area (Å²) in [6, 6.07) is 15.5. The van der Waals surface area contributed by atoms with E-state index in [2.05, 4.69) is 9.97 Å². The van der Waals surface area contributed by atoms with E-state index in [9.17, 15) is 4.79 Å². The van der Waals surface area contributed by atoms with Crippen molar-refractivity contribution in [2.24, 2.45) is 0 Å². The number of hydrogen-bond donors (Lipinski definition) is 0. The summed E-state index contributed by atoms with van der Waals surface area (Å²) in [5.74, 6) is 0.622. The zero-order chi connectivity index (χ0) is 19.5. The number of ether oxygens (including phenoxy) is 1. The van der Waals surface area contributed by atoms with Gasteiger partial charge >= 0.3 is 0 Å². The molecule has 28 heavy (non-hydrogen) atoms. The third-order valence-electron chi connectivity index (χ3n) is 5.07. The van der Waals surface area contributed by atoms with Gasteiger partial charge in [0.1, 0.15) is 6.10 Å². The molecule has 2 aromatic carbocycles. The summed E-state index contributed by atoms with van der Waals surface area (Å²) in [4.78, 5) is 25.6. The molecule has 0 atom stereocenters. The van der Waals surface area contributed by atoms with E-state index in [1.807, 2.05) is 72.4 Å². The fourth-order valence-electron chi connectivity index (χ4n) is 3.43. The molecule has 0 bridgehead atoms. The second-order valence-corrected chi connectivity index (χ2v) is 7.25. The van der Waals surface area contributed by atoms with Crippen molar-refractivity contribution < 1.29 is 9.53 Å². The van der Waals surface area contributed by atoms with E-state index in [0.717, 1.165) is 35.1 Å². The summed E-state index contributed by atoms with van der Waals surface area (Å²) in [7, 11) is 3.98. The highest BCUT2D eigenvalue weighted by molar-refractivity contribution is 5.94. The third-order valence-corrected chi connectivity index (χ3v) is 5.07. The number of benzene rings is 2. The Bertz CT molecular complexity index is 964. The lowest BCUT2D eigenvalue weighted by Gasteiger charge is -2.32. The Kier molecular flexibility index (Phi) is 5.10. The van der Waals surface area contributed by atoms with E-state index in [0.29, 0.717) is 19.0 Å². The normalized spacial score (nSPS) is 14.9.